The molecule has 0 spiro atoms. The normalized spacial score (nSPS) is 11.3. The highest BCUT2D eigenvalue weighted by Crippen LogP contribution is 2.32. The van der Waals surface area contributed by atoms with E-state index in [1.807, 2.05) is 12.1 Å². The zero-order valence-corrected chi connectivity index (χ0v) is 18.6. The van der Waals surface area contributed by atoms with E-state index in [9.17, 15) is 9.18 Å². The van der Waals surface area contributed by atoms with E-state index >= 15 is 0 Å². The third-order valence-electron chi connectivity index (χ3n) is 4.22. The SMILES string of the molecule is O=C(CSc1nnc(SCc2cccc3ccccc23)s1)N/N=C/c1ccc(F)cc1. The molecule has 4 rings (SSSR count). The lowest BCUT2D eigenvalue weighted by Gasteiger charge is -2.04. The largest absolute Gasteiger partial charge is 0.272 e. The molecular formula is C22H17FN4OS3. The van der Waals surface area contributed by atoms with Crippen molar-refractivity contribution in [3.63, 3.8) is 0 Å². The van der Waals surface area contributed by atoms with Crippen LogP contribution in [0.1, 0.15) is 11.1 Å². The number of hydrogen-bond acceptors (Lipinski definition) is 7. The maximum absolute atomic E-state index is 12.9. The summed E-state index contributed by atoms with van der Waals surface area (Å²) in [6.45, 7) is 0. The van der Waals surface area contributed by atoms with Gasteiger partial charge in [0.1, 0.15) is 5.82 Å². The molecule has 31 heavy (non-hydrogen) atoms. The second-order valence-corrected chi connectivity index (χ2v) is 9.82. The molecule has 1 heterocycles. The van der Waals surface area contributed by atoms with E-state index in [1.54, 1.807) is 23.9 Å². The van der Waals surface area contributed by atoms with Crippen molar-refractivity contribution >= 4 is 57.8 Å². The Balaban J connectivity index is 1.25. The van der Waals surface area contributed by atoms with E-state index in [-0.39, 0.29) is 17.5 Å². The summed E-state index contributed by atoms with van der Waals surface area (Å²) in [5, 5.41) is 14.7. The zero-order chi connectivity index (χ0) is 21.5. The number of fused-ring (bicyclic) bond motifs is 1. The first-order valence-corrected chi connectivity index (χ1v) is 12.1. The number of carbonyl (C=O) groups is 1. The number of hydrogen-bond donors (Lipinski definition) is 1. The van der Waals surface area contributed by atoms with Crippen molar-refractivity contribution in [3.8, 4) is 0 Å². The molecule has 0 radical (unpaired) electrons. The van der Waals surface area contributed by atoms with Crippen LogP contribution in [0.5, 0.6) is 0 Å². The van der Waals surface area contributed by atoms with E-state index < -0.39 is 0 Å². The molecule has 1 aromatic heterocycles. The Morgan fingerprint density at radius 3 is 2.58 bits per heavy atom. The summed E-state index contributed by atoms with van der Waals surface area (Å²) in [5.74, 6) is 0.427. The summed E-state index contributed by atoms with van der Waals surface area (Å²) in [6, 6.07) is 20.5. The van der Waals surface area contributed by atoms with Gasteiger partial charge in [0.2, 0.25) is 0 Å². The van der Waals surface area contributed by atoms with Crippen LogP contribution in [0.3, 0.4) is 0 Å². The molecule has 0 atom stereocenters. The topological polar surface area (TPSA) is 67.2 Å². The van der Waals surface area contributed by atoms with Crippen molar-refractivity contribution in [2.45, 2.75) is 14.4 Å². The van der Waals surface area contributed by atoms with E-state index in [2.05, 4.69) is 51.1 Å². The number of rotatable bonds is 8. The summed E-state index contributed by atoms with van der Waals surface area (Å²) >= 11 is 4.43. The quantitative estimate of drug-likeness (QED) is 0.214. The molecule has 0 aliphatic rings. The molecule has 4 aromatic rings. The molecule has 0 aliphatic heterocycles. The maximum atomic E-state index is 12.9. The van der Waals surface area contributed by atoms with Crippen molar-refractivity contribution in [1.29, 1.82) is 0 Å². The van der Waals surface area contributed by atoms with Crippen LogP contribution >= 0.6 is 34.9 Å². The molecule has 0 fully saturated rings. The lowest BCUT2D eigenvalue weighted by atomic mass is 10.1. The van der Waals surface area contributed by atoms with Gasteiger partial charge in [0, 0.05) is 5.75 Å². The Morgan fingerprint density at radius 1 is 1.00 bits per heavy atom. The number of benzene rings is 3. The second-order valence-electron chi connectivity index (χ2n) is 6.39. The van der Waals surface area contributed by atoms with Crippen molar-refractivity contribution in [1.82, 2.24) is 15.6 Å². The summed E-state index contributed by atoms with van der Waals surface area (Å²) < 4.78 is 14.5. The Kier molecular flexibility index (Phi) is 7.29. The summed E-state index contributed by atoms with van der Waals surface area (Å²) in [7, 11) is 0. The van der Waals surface area contributed by atoms with Crippen LogP contribution in [0.25, 0.3) is 10.8 Å². The van der Waals surface area contributed by atoms with E-state index in [1.165, 1.54) is 57.8 Å². The second kappa shape index (κ2) is 10.5. The fourth-order valence-corrected chi connectivity index (χ4v) is 5.58. The van der Waals surface area contributed by atoms with Crippen LogP contribution in [-0.4, -0.2) is 28.1 Å². The van der Waals surface area contributed by atoms with E-state index in [0.29, 0.717) is 5.56 Å². The maximum Gasteiger partial charge on any atom is 0.250 e. The van der Waals surface area contributed by atoms with Gasteiger partial charge in [-0.15, -0.1) is 10.2 Å². The van der Waals surface area contributed by atoms with E-state index in [4.69, 9.17) is 0 Å². The van der Waals surface area contributed by atoms with Crippen LogP contribution in [0, 0.1) is 5.82 Å². The van der Waals surface area contributed by atoms with Gasteiger partial charge in [0.05, 0.1) is 12.0 Å². The third kappa shape index (κ3) is 6.13. The third-order valence-corrected chi connectivity index (χ3v) is 7.46. The monoisotopic (exact) mass is 468 g/mol. The van der Waals surface area contributed by atoms with Crippen LogP contribution in [-0.2, 0) is 10.5 Å². The number of nitrogens with zero attached hydrogens (tertiary/aromatic N) is 3. The van der Waals surface area contributed by atoms with Crippen LogP contribution in [0.2, 0.25) is 0 Å². The number of nitrogens with one attached hydrogen (secondary N) is 1. The summed E-state index contributed by atoms with van der Waals surface area (Å²) in [4.78, 5) is 11.9. The number of carbonyl (C=O) groups excluding carboxylic acids is 1. The molecule has 1 N–H and O–H groups in total. The lowest BCUT2D eigenvalue weighted by molar-refractivity contribution is -0.118. The first-order valence-electron chi connectivity index (χ1n) is 9.30. The van der Waals surface area contributed by atoms with Crippen LogP contribution in [0.15, 0.2) is 80.5 Å². The van der Waals surface area contributed by atoms with E-state index in [0.717, 1.165) is 14.4 Å². The van der Waals surface area contributed by atoms with Gasteiger partial charge in [-0.3, -0.25) is 4.79 Å². The predicted molar refractivity (Wildman–Crippen MR) is 126 cm³/mol. The number of thioether (sulfide) groups is 2. The van der Waals surface area contributed by atoms with Gasteiger partial charge in [0.15, 0.2) is 8.68 Å². The fourth-order valence-electron chi connectivity index (χ4n) is 2.76. The fraction of sp³-hybridized carbons (Fsp3) is 0.0909. The van der Waals surface area contributed by atoms with Crippen LogP contribution in [0.4, 0.5) is 4.39 Å². The molecule has 0 bridgehead atoms. The number of amides is 1. The van der Waals surface area contributed by atoms with Gasteiger partial charge in [0.25, 0.3) is 5.91 Å². The van der Waals surface area contributed by atoms with Crippen molar-refractivity contribution in [3.05, 3.63) is 83.7 Å². The smallest absolute Gasteiger partial charge is 0.250 e. The van der Waals surface area contributed by atoms with Gasteiger partial charge in [-0.25, -0.2) is 9.82 Å². The minimum absolute atomic E-state index is 0.184. The van der Waals surface area contributed by atoms with Gasteiger partial charge in [-0.1, -0.05) is 89.5 Å². The first-order chi connectivity index (χ1) is 15.2. The molecule has 0 aliphatic carbocycles. The average Bonchev–Trinajstić information content (AvgIpc) is 3.25. The number of hydrazone groups is 1. The highest BCUT2D eigenvalue weighted by atomic mass is 32.2. The van der Waals surface area contributed by atoms with Gasteiger partial charge in [-0.2, -0.15) is 5.10 Å². The Hall–Kier alpha value is -2.75. The first kappa shape index (κ1) is 21.5. The van der Waals surface area contributed by atoms with Gasteiger partial charge in [-0.05, 0) is 34.0 Å². The van der Waals surface area contributed by atoms with Crippen molar-refractivity contribution in [2.75, 3.05) is 5.75 Å². The molecule has 0 saturated carbocycles. The van der Waals surface area contributed by atoms with Crippen molar-refractivity contribution < 1.29 is 9.18 Å². The predicted octanol–water partition coefficient (Wildman–Crippen LogP) is 5.37. The highest BCUT2D eigenvalue weighted by Gasteiger charge is 2.09. The minimum Gasteiger partial charge on any atom is -0.272 e. The summed E-state index contributed by atoms with van der Waals surface area (Å²) in [6.07, 6.45) is 1.47. The summed E-state index contributed by atoms with van der Waals surface area (Å²) in [5.41, 5.74) is 4.41. The standard InChI is InChI=1S/C22H17FN4OS3/c23-18-10-8-15(9-11-18)12-24-25-20(28)14-30-22-27-26-21(31-22)29-13-17-6-3-5-16-4-1-2-7-19(16)17/h1-12H,13-14H2,(H,25,28)/b24-12+. The van der Waals surface area contributed by atoms with Crippen molar-refractivity contribution in [2.24, 2.45) is 5.10 Å². The number of halogens is 1. The molecule has 5 nitrogen and oxygen atoms in total. The van der Waals surface area contributed by atoms with Gasteiger partial charge < -0.3 is 0 Å². The lowest BCUT2D eigenvalue weighted by Crippen LogP contribution is -2.19. The Morgan fingerprint density at radius 2 is 1.74 bits per heavy atom. The average molecular weight is 469 g/mol. The Labute approximate surface area is 191 Å². The molecule has 1 amide bonds. The minimum atomic E-state index is -0.315. The molecule has 3 aromatic carbocycles. The molecule has 9 heteroatoms. The molecule has 0 unspecified atom stereocenters. The Bertz CT molecular complexity index is 1210. The highest BCUT2D eigenvalue weighted by molar-refractivity contribution is 8.03. The molecule has 0 saturated heterocycles. The molecule has 156 valence electrons. The van der Waals surface area contributed by atoms with Crippen LogP contribution < -0.4 is 5.43 Å². The van der Waals surface area contributed by atoms with Gasteiger partial charge >= 0.3 is 0 Å². The number of aromatic nitrogens is 2. The molecular weight excluding hydrogens is 451 g/mol. The zero-order valence-electron chi connectivity index (χ0n) is 16.2.